The molecule has 0 atom stereocenters. The van der Waals surface area contributed by atoms with Crippen LogP contribution in [0.5, 0.6) is 0 Å². The van der Waals surface area contributed by atoms with Crippen LogP contribution in [0.4, 0.5) is 18.9 Å². The Labute approximate surface area is 114 Å². The van der Waals surface area contributed by atoms with Crippen molar-refractivity contribution in [1.82, 2.24) is 4.90 Å². The molecule has 1 aromatic carbocycles. The van der Waals surface area contributed by atoms with Gasteiger partial charge in [-0.3, -0.25) is 4.79 Å². The summed E-state index contributed by atoms with van der Waals surface area (Å²) in [5, 5.41) is 0. The van der Waals surface area contributed by atoms with Crippen LogP contribution in [0.1, 0.15) is 15.9 Å². The Kier molecular flexibility index (Phi) is 5.11. The van der Waals surface area contributed by atoms with E-state index in [0.717, 1.165) is 18.2 Å². The summed E-state index contributed by atoms with van der Waals surface area (Å²) in [4.78, 5) is 13.4. The predicted octanol–water partition coefficient (Wildman–Crippen LogP) is 2.72. The zero-order valence-corrected chi connectivity index (χ0v) is 11.4. The van der Waals surface area contributed by atoms with Crippen LogP contribution in [-0.2, 0) is 6.18 Å². The van der Waals surface area contributed by atoms with Crippen molar-refractivity contribution in [3.05, 3.63) is 29.3 Å². The summed E-state index contributed by atoms with van der Waals surface area (Å²) in [5.41, 5.74) is 4.65. The lowest BCUT2D eigenvalue weighted by Gasteiger charge is -2.18. The van der Waals surface area contributed by atoms with Crippen LogP contribution in [-0.4, -0.2) is 36.4 Å². The normalized spacial score (nSPS) is 11.4. The van der Waals surface area contributed by atoms with E-state index < -0.39 is 17.6 Å². The maximum absolute atomic E-state index is 12.6. The number of nitrogen functional groups attached to an aromatic ring is 1. The predicted molar refractivity (Wildman–Crippen MR) is 71.2 cm³/mol. The van der Waals surface area contributed by atoms with Crippen LogP contribution in [0, 0.1) is 0 Å². The molecule has 0 aliphatic heterocycles. The number of carbonyl (C=O) groups is 1. The molecular weight excluding hydrogens is 277 g/mol. The van der Waals surface area contributed by atoms with Crippen molar-refractivity contribution >= 4 is 23.4 Å². The Morgan fingerprint density at radius 2 is 2.05 bits per heavy atom. The number of hydrogen-bond donors (Lipinski definition) is 1. The molecule has 0 spiro atoms. The van der Waals surface area contributed by atoms with Crippen molar-refractivity contribution in [2.75, 3.05) is 31.3 Å². The molecule has 1 aromatic rings. The molecule has 1 amide bonds. The van der Waals surface area contributed by atoms with Gasteiger partial charge >= 0.3 is 6.18 Å². The van der Waals surface area contributed by atoms with E-state index in [4.69, 9.17) is 5.73 Å². The number of thioether (sulfide) groups is 1. The van der Waals surface area contributed by atoms with Gasteiger partial charge in [0, 0.05) is 25.0 Å². The first-order chi connectivity index (χ1) is 8.77. The molecule has 0 fully saturated rings. The van der Waals surface area contributed by atoms with Crippen molar-refractivity contribution in [3.8, 4) is 0 Å². The molecule has 1 rings (SSSR count). The molecule has 0 aliphatic rings. The van der Waals surface area contributed by atoms with E-state index in [0.29, 0.717) is 12.3 Å². The standard InChI is InChI=1S/C12H15F3N2OS/c1-17(5-6-19-2)11(18)9-7-8(12(13,14)15)3-4-10(9)16/h3-4,7H,5-6,16H2,1-2H3. The molecule has 0 radical (unpaired) electrons. The molecule has 0 aliphatic carbocycles. The van der Waals surface area contributed by atoms with Crippen LogP contribution in [0.15, 0.2) is 18.2 Å². The lowest BCUT2D eigenvalue weighted by atomic mass is 10.1. The Balaban J connectivity index is 3.02. The molecule has 0 unspecified atom stereocenters. The first-order valence-corrected chi connectivity index (χ1v) is 6.88. The number of benzene rings is 1. The van der Waals surface area contributed by atoms with E-state index in [9.17, 15) is 18.0 Å². The van der Waals surface area contributed by atoms with Crippen molar-refractivity contribution in [3.63, 3.8) is 0 Å². The van der Waals surface area contributed by atoms with Gasteiger partial charge in [-0.1, -0.05) is 0 Å². The fourth-order valence-electron chi connectivity index (χ4n) is 1.45. The minimum atomic E-state index is -4.49. The van der Waals surface area contributed by atoms with E-state index in [1.807, 2.05) is 6.26 Å². The van der Waals surface area contributed by atoms with Crippen molar-refractivity contribution < 1.29 is 18.0 Å². The van der Waals surface area contributed by atoms with Gasteiger partial charge in [0.25, 0.3) is 5.91 Å². The third kappa shape index (κ3) is 4.05. The van der Waals surface area contributed by atoms with Gasteiger partial charge in [0.15, 0.2) is 0 Å². The SMILES string of the molecule is CSCCN(C)C(=O)c1cc(C(F)(F)F)ccc1N. The Morgan fingerprint density at radius 1 is 1.42 bits per heavy atom. The van der Waals surface area contributed by atoms with Gasteiger partial charge in [-0.15, -0.1) is 0 Å². The number of anilines is 1. The molecule has 0 aromatic heterocycles. The summed E-state index contributed by atoms with van der Waals surface area (Å²) in [6.07, 6.45) is -2.60. The van der Waals surface area contributed by atoms with E-state index in [1.54, 1.807) is 11.8 Å². The quantitative estimate of drug-likeness (QED) is 0.868. The Morgan fingerprint density at radius 3 is 2.58 bits per heavy atom. The van der Waals surface area contributed by atoms with E-state index in [2.05, 4.69) is 0 Å². The molecule has 0 saturated carbocycles. The number of amides is 1. The molecule has 7 heteroatoms. The highest BCUT2D eigenvalue weighted by atomic mass is 32.2. The second-order valence-corrected chi connectivity index (χ2v) is 5.00. The molecule has 2 N–H and O–H groups in total. The van der Waals surface area contributed by atoms with Crippen LogP contribution < -0.4 is 5.73 Å². The Bertz CT molecular complexity index is 463. The van der Waals surface area contributed by atoms with Gasteiger partial charge in [0.2, 0.25) is 0 Å². The average Bonchev–Trinajstić information content (AvgIpc) is 2.34. The number of rotatable bonds is 4. The summed E-state index contributed by atoms with van der Waals surface area (Å²) in [7, 11) is 1.54. The second kappa shape index (κ2) is 6.18. The van der Waals surface area contributed by atoms with Crippen molar-refractivity contribution in [2.24, 2.45) is 0 Å². The lowest BCUT2D eigenvalue weighted by Crippen LogP contribution is -2.29. The highest BCUT2D eigenvalue weighted by molar-refractivity contribution is 7.98. The minimum Gasteiger partial charge on any atom is -0.398 e. The maximum Gasteiger partial charge on any atom is 0.416 e. The van der Waals surface area contributed by atoms with E-state index in [1.165, 1.54) is 11.9 Å². The fourth-order valence-corrected chi connectivity index (χ4v) is 1.91. The number of halogens is 3. The molecule has 0 heterocycles. The van der Waals surface area contributed by atoms with Crippen molar-refractivity contribution in [1.29, 1.82) is 0 Å². The maximum atomic E-state index is 12.6. The monoisotopic (exact) mass is 292 g/mol. The number of carbonyl (C=O) groups excluding carboxylic acids is 1. The van der Waals surface area contributed by atoms with Gasteiger partial charge in [-0.25, -0.2) is 0 Å². The van der Waals surface area contributed by atoms with Crippen LogP contribution in [0.3, 0.4) is 0 Å². The molecule has 0 bridgehead atoms. The highest BCUT2D eigenvalue weighted by Gasteiger charge is 2.31. The lowest BCUT2D eigenvalue weighted by molar-refractivity contribution is -0.137. The summed E-state index contributed by atoms with van der Waals surface area (Å²) in [5.74, 6) is 0.207. The smallest absolute Gasteiger partial charge is 0.398 e. The number of nitrogens with two attached hydrogens (primary N) is 1. The van der Waals surface area contributed by atoms with Gasteiger partial charge in [0.1, 0.15) is 0 Å². The van der Waals surface area contributed by atoms with Gasteiger partial charge in [-0.2, -0.15) is 24.9 Å². The number of nitrogens with zero attached hydrogens (tertiary/aromatic N) is 1. The third-order valence-corrected chi connectivity index (χ3v) is 3.18. The first-order valence-electron chi connectivity index (χ1n) is 5.48. The van der Waals surface area contributed by atoms with Crippen LogP contribution >= 0.6 is 11.8 Å². The van der Waals surface area contributed by atoms with Crippen molar-refractivity contribution in [2.45, 2.75) is 6.18 Å². The number of hydrogen-bond acceptors (Lipinski definition) is 3. The third-order valence-electron chi connectivity index (χ3n) is 2.59. The molecule has 106 valence electrons. The van der Waals surface area contributed by atoms with E-state index in [-0.39, 0.29) is 11.3 Å². The largest absolute Gasteiger partial charge is 0.416 e. The molecule has 19 heavy (non-hydrogen) atoms. The molecular formula is C12H15F3N2OS. The summed E-state index contributed by atoms with van der Waals surface area (Å²) < 4.78 is 37.8. The van der Waals surface area contributed by atoms with E-state index >= 15 is 0 Å². The van der Waals surface area contributed by atoms with Crippen LogP contribution in [0.25, 0.3) is 0 Å². The summed E-state index contributed by atoms with van der Waals surface area (Å²) >= 11 is 1.55. The highest BCUT2D eigenvalue weighted by Crippen LogP contribution is 2.31. The zero-order valence-electron chi connectivity index (χ0n) is 10.6. The topological polar surface area (TPSA) is 46.3 Å². The molecule has 0 saturated heterocycles. The van der Waals surface area contributed by atoms with Gasteiger partial charge in [0.05, 0.1) is 11.1 Å². The zero-order chi connectivity index (χ0) is 14.6. The molecule has 3 nitrogen and oxygen atoms in total. The van der Waals surface area contributed by atoms with Gasteiger partial charge in [-0.05, 0) is 24.5 Å². The second-order valence-electron chi connectivity index (χ2n) is 4.02. The Hall–Kier alpha value is -1.37. The fraction of sp³-hybridized carbons (Fsp3) is 0.417. The van der Waals surface area contributed by atoms with Crippen LogP contribution in [0.2, 0.25) is 0 Å². The summed E-state index contributed by atoms with van der Waals surface area (Å²) in [6.45, 7) is 0.454. The minimum absolute atomic E-state index is 0.0500. The number of alkyl halides is 3. The average molecular weight is 292 g/mol. The van der Waals surface area contributed by atoms with Gasteiger partial charge < -0.3 is 10.6 Å². The first kappa shape index (κ1) is 15.7. The summed E-state index contributed by atoms with van der Waals surface area (Å²) in [6, 6.07) is 2.78.